The molecule has 0 aliphatic carbocycles. The zero-order valence-corrected chi connectivity index (χ0v) is 15.6. The van der Waals surface area contributed by atoms with E-state index in [4.69, 9.17) is 4.42 Å². The number of rotatable bonds is 3. The lowest BCUT2D eigenvalue weighted by Gasteiger charge is -2.23. The maximum atomic E-state index is 13.3. The van der Waals surface area contributed by atoms with Crippen LogP contribution in [0.1, 0.15) is 28.2 Å². The van der Waals surface area contributed by atoms with E-state index >= 15 is 0 Å². The van der Waals surface area contributed by atoms with Crippen molar-refractivity contribution in [3.63, 3.8) is 0 Å². The summed E-state index contributed by atoms with van der Waals surface area (Å²) < 4.78 is 8.02. The molecule has 140 valence electrons. The first-order valence-electron chi connectivity index (χ1n) is 9.19. The van der Waals surface area contributed by atoms with Crippen LogP contribution in [-0.4, -0.2) is 34.9 Å². The van der Waals surface area contributed by atoms with Crippen LogP contribution in [0.5, 0.6) is 0 Å². The summed E-state index contributed by atoms with van der Waals surface area (Å²) in [6.07, 6.45) is 2.39. The number of nitrogens with zero attached hydrogens (tertiary/aromatic N) is 2. The predicted octanol–water partition coefficient (Wildman–Crippen LogP) is 2.95. The lowest BCUT2D eigenvalue weighted by Crippen LogP contribution is -2.35. The van der Waals surface area contributed by atoms with Gasteiger partial charge in [0.1, 0.15) is 5.58 Å². The molecule has 3 aromatic rings. The molecule has 2 amide bonds. The third-order valence-electron chi connectivity index (χ3n) is 5.29. The minimum Gasteiger partial charge on any atom is -0.451 e. The molecule has 6 heteroatoms. The molecule has 1 aliphatic rings. The fourth-order valence-corrected chi connectivity index (χ4v) is 3.85. The van der Waals surface area contributed by atoms with Gasteiger partial charge >= 0.3 is 0 Å². The molecule has 0 saturated carbocycles. The van der Waals surface area contributed by atoms with Crippen molar-refractivity contribution in [2.24, 2.45) is 5.92 Å². The Morgan fingerprint density at radius 3 is 2.78 bits per heavy atom. The van der Waals surface area contributed by atoms with E-state index in [1.807, 2.05) is 49.5 Å². The molecule has 4 rings (SSSR count). The van der Waals surface area contributed by atoms with E-state index in [9.17, 15) is 9.59 Å². The second kappa shape index (κ2) is 6.95. The molecule has 1 N–H and O–H groups in total. The van der Waals surface area contributed by atoms with Crippen molar-refractivity contribution in [2.75, 3.05) is 13.6 Å². The Bertz CT molecular complexity index is 1000. The SMILES string of the molecule is CNC(=O)C[C@H]1CN(C(=O)c2oc3ccccc3c2C)Cc2cccn2C1. The van der Waals surface area contributed by atoms with Crippen LogP contribution in [0.2, 0.25) is 0 Å². The minimum atomic E-state index is -0.125. The van der Waals surface area contributed by atoms with Gasteiger partial charge in [0, 0.05) is 55.3 Å². The molecule has 2 aromatic heterocycles. The number of fused-ring (bicyclic) bond motifs is 2. The Hall–Kier alpha value is -3.02. The Kier molecular flexibility index (Phi) is 4.48. The molecule has 1 aromatic carbocycles. The highest BCUT2D eigenvalue weighted by Gasteiger charge is 2.29. The molecule has 0 bridgehead atoms. The number of carbonyl (C=O) groups is 2. The van der Waals surface area contributed by atoms with Crippen LogP contribution in [-0.2, 0) is 17.9 Å². The fraction of sp³-hybridized carbons (Fsp3) is 0.333. The van der Waals surface area contributed by atoms with E-state index in [0.29, 0.717) is 25.3 Å². The van der Waals surface area contributed by atoms with E-state index in [-0.39, 0.29) is 17.7 Å². The number of hydrogen-bond donors (Lipinski definition) is 1. The summed E-state index contributed by atoms with van der Waals surface area (Å²) in [5.74, 6) is 0.297. The largest absolute Gasteiger partial charge is 0.451 e. The van der Waals surface area contributed by atoms with Gasteiger partial charge in [0.2, 0.25) is 5.91 Å². The number of benzene rings is 1. The fourth-order valence-electron chi connectivity index (χ4n) is 3.85. The van der Waals surface area contributed by atoms with Gasteiger partial charge in [-0.1, -0.05) is 18.2 Å². The van der Waals surface area contributed by atoms with E-state index in [2.05, 4.69) is 9.88 Å². The molecular weight excluding hydrogens is 342 g/mol. The Morgan fingerprint density at radius 1 is 1.19 bits per heavy atom. The number of nitrogens with one attached hydrogen (secondary N) is 1. The number of aryl methyl sites for hydroxylation is 1. The zero-order valence-electron chi connectivity index (χ0n) is 15.6. The normalized spacial score (nSPS) is 16.8. The monoisotopic (exact) mass is 365 g/mol. The van der Waals surface area contributed by atoms with Gasteiger partial charge in [-0.2, -0.15) is 0 Å². The molecule has 3 heterocycles. The topological polar surface area (TPSA) is 67.5 Å². The summed E-state index contributed by atoms with van der Waals surface area (Å²) in [4.78, 5) is 27.0. The molecule has 0 saturated heterocycles. The molecule has 27 heavy (non-hydrogen) atoms. The van der Waals surface area contributed by atoms with Gasteiger partial charge < -0.3 is 19.2 Å². The Balaban J connectivity index is 1.67. The summed E-state index contributed by atoms with van der Waals surface area (Å²) in [5.41, 5.74) is 2.65. The van der Waals surface area contributed by atoms with Gasteiger partial charge in [-0.3, -0.25) is 9.59 Å². The quantitative estimate of drug-likeness (QED) is 0.776. The van der Waals surface area contributed by atoms with Crippen LogP contribution in [0, 0.1) is 12.8 Å². The van der Waals surface area contributed by atoms with Gasteiger partial charge in [0.25, 0.3) is 5.91 Å². The molecule has 0 fully saturated rings. The highest BCUT2D eigenvalue weighted by atomic mass is 16.3. The summed E-state index contributed by atoms with van der Waals surface area (Å²) in [6.45, 7) is 3.66. The maximum absolute atomic E-state index is 13.3. The van der Waals surface area contributed by atoms with Crippen molar-refractivity contribution < 1.29 is 14.0 Å². The Morgan fingerprint density at radius 2 is 2.00 bits per heavy atom. The molecule has 0 unspecified atom stereocenters. The van der Waals surface area contributed by atoms with Crippen LogP contribution in [0.3, 0.4) is 0 Å². The van der Waals surface area contributed by atoms with E-state index in [0.717, 1.165) is 28.8 Å². The van der Waals surface area contributed by atoms with E-state index < -0.39 is 0 Å². The second-order valence-electron chi connectivity index (χ2n) is 7.13. The number of carbonyl (C=O) groups excluding carboxylic acids is 2. The van der Waals surface area contributed by atoms with Crippen molar-refractivity contribution in [1.29, 1.82) is 0 Å². The van der Waals surface area contributed by atoms with Gasteiger partial charge in [-0.05, 0) is 25.1 Å². The molecule has 1 atom stereocenters. The molecule has 1 aliphatic heterocycles. The second-order valence-corrected chi connectivity index (χ2v) is 7.13. The third kappa shape index (κ3) is 3.23. The van der Waals surface area contributed by atoms with Crippen molar-refractivity contribution in [3.8, 4) is 0 Å². The molecule has 0 radical (unpaired) electrons. The summed E-state index contributed by atoms with van der Waals surface area (Å²) in [7, 11) is 1.64. The van der Waals surface area contributed by atoms with E-state index in [1.54, 1.807) is 11.9 Å². The first-order valence-corrected chi connectivity index (χ1v) is 9.19. The number of para-hydroxylation sites is 1. The van der Waals surface area contributed by atoms with Crippen molar-refractivity contribution in [1.82, 2.24) is 14.8 Å². The maximum Gasteiger partial charge on any atom is 0.290 e. The van der Waals surface area contributed by atoms with Crippen molar-refractivity contribution >= 4 is 22.8 Å². The number of aromatic nitrogens is 1. The minimum absolute atomic E-state index is 0.0112. The van der Waals surface area contributed by atoms with Crippen LogP contribution in [0.25, 0.3) is 11.0 Å². The van der Waals surface area contributed by atoms with Crippen molar-refractivity contribution in [2.45, 2.75) is 26.4 Å². The van der Waals surface area contributed by atoms with Crippen molar-refractivity contribution in [3.05, 3.63) is 59.6 Å². The van der Waals surface area contributed by atoms with Crippen LogP contribution in [0.4, 0.5) is 0 Å². The lowest BCUT2D eigenvalue weighted by atomic mass is 10.0. The highest BCUT2D eigenvalue weighted by molar-refractivity contribution is 5.99. The standard InChI is InChI=1S/C21H23N3O3/c1-14-17-7-3-4-8-18(17)27-20(14)21(26)24-12-15(10-19(25)22-2)11-23-9-5-6-16(23)13-24/h3-9,15H,10-13H2,1-2H3,(H,22,25)/t15-/m1/s1. The molecule has 6 nitrogen and oxygen atoms in total. The van der Waals surface area contributed by atoms with Gasteiger partial charge in [0.15, 0.2) is 5.76 Å². The number of amides is 2. The predicted molar refractivity (Wildman–Crippen MR) is 102 cm³/mol. The third-order valence-corrected chi connectivity index (χ3v) is 5.29. The zero-order chi connectivity index (χ0) is 19.0. The average Bonchev–Trinajstić information content (AvgIpc) is 3.20. The first-order chi connectivity index (χ1) is 13.1. The average molecular weight is 365 g/mol. The van der Waals surface area contributed by atoms with Crippen LogP contribution in [0.15, 0.2) is 47.0 Å². The highest BCUT2D eigenvalue weighted by Crippen LogP contribution is 2.28. The van der Waals surface area contributed by atoms with Gasteiger partial charge in [-0.15, -0.1) is 0 Å². The molecular formula is C21H23N3O3. The summed E-state index contributed by atoms with van der Waals surface area (Å²) in [6, 6.07) is 11.7. The lowest BCUT2D eigenvalue weighted by molar-refractivity contribution is -0.121. The number of furan rings is 1. The smallest absolute Gasteiger partial charge is 0.290 e. The first kappa shape index (κ1) is 17.4. The Labute approximate surface area is 157 Å². The van der Waals surface area contributed by atoms with E-state index in [1.165, 1.54) is 0 Å². The van der Waals surface area contributed by atoms with Crippen LogP contribution >= 0.6 is 0 Å². The number of hydrogen-bond acceptors (Lipinski definition) is 3. The van der Waals surface area contributed by atoms with Crippen LogP contribution < -0.4 is 5.32 Å². The van der Waals surface area contributed by atoms with Gasteiger partial charge in [0.05, 0.1) is 6.54 Å². The molecule has 0 spiro atoms. The summed E-state index contributed by atoms with van der Waals surface area (Å²) >= 11 is 0. The summed E-state index contributed by atoms with van der Waals surface area (Å²) in [5, 5.41) is 3.64. The van der Waals surface area contributed by atoms with Gasteiger partial charge in [-0.25, -0.2) is 0 Å².